The highest BCUT2D eigenvalue weighted by atomic mass is 16.1. The van der Waals surface area contributed by atoms with Crippen LogP contribution < -0.4 is 0 Å². The van der Waals surface area contributed by atoms with Gasteiger partial charge in [-0.15, -0.1) is 0 Å². The molecule has 0 spiro atoms. The number of hydrogen-bond acceptors (Lipinski definition) is 2. The van der Waals surface area contributed by atoms with Crippen LogP contribution in [0.25, 0.3) is 0 Å². The lowest BCUT2D eigenvalue weighted by Crippen LogP contribution is -2.30. The number of Topliss-reactive ketones (excluding diaryl/α,β-unsaturated/α-hetero) is 1. The average Bonchev–Trinajstić information content (AvgIpc) is 2.91. The molecule has 0 aliphatic heterocycles. The summed E-state index contributed by atoms with van der Waals surface area (Å²) in [4.78, 5) is 24.6. The highest BCUT2D eigenvalue weighted by Gasteiger charge is 2.34. The molecular formula is C40H50O2. The molecule has 0 atom stereocenters. The van der Waals surface area contributed by atoms with Crippen LogP contribution in [0, 0.1) is 10.8 Å². The van der Waals surface area contributed by atoms with Gasteiger partial charge in [0.15, 0.2) is 5.78 Å². The predicted octanol–water partition coefficient (Wildman–Crippen LogP) is 10.7. The molecule has 2 aliphatic carbocycles. The SMILES string of the molecule is CC(C=CC1=C(C)CCC(=O)C1(C)C)=CC=CC(C)=C/C=C/C=C(C)/C=C/C=C(C)/C=C/C1=C(C)C=CC(=O)C1(C)C. The largest absolute Gasteiger partial charge is 0.299 e. The van der Waals surface area contributed by atoms with Crippen LogP contribution in [-0.4, -0.2) is 11.6 Å². The summed E-state index contributed by atoms with van der Waals surface area (Å²) in [6.07, 6.45) is 34.2. The van der Waals surface area contributed by atoms with Crippen molar-refractivity contribution in [3.05, 3.63) is 142 Å². The topological polar surface area (TPSA) is 34.1 Å². The molecule has 42 heavy (non-hydrogen) atoms. The van der Waals surface area contributed by atoms with Crippen LogP contribution in [-0.2, 0) is 9.59 Å². The Hall–Kier alpha value is -3.78. The number of carbonyl (C=O) groups excluding carboxylic acids is 2. The number of ketones is 2. The van der Waals surface area contributed by atoms with Crippen LogP contribution in [0.4, 0.5) is 0 Å². The van der Waals surface area contributed by atoms with E-state index < -0.39 is 10.8 Å². The second-order valence-corrected chi connectivity index (χ2v) is 12.6. The van der Waals surface area contributed by atoms with Gasteiger partial charge in [0.2, 0.25) is 0 Å². The van der Waals surface area contributed by atoms with Crippen molar-refractivity contribution in [1.29, 1.82) is 0 Å². The second kappa shape index (κ2) is 15.4. The second-order valence-electron chi connectivity index (χ2n) is 12.6. The summed E-state index contributed by atoms with van der Waals surface area (Å²) in [5, 5.41) is 0. The third-order valence-corrected chi connectivity index (χ3v) is 8.05. The summed E-state index contributed by atoms with van der Waals surface area (Å²) in [5.41, 5.74) is 8.36. The minimum atomic E-state index is -0.487. The molecule has 0 saturated carbocycles. The third-order valence-electron chi connectivity index (χ3n) is 8.05. The van der Waals surface area contributed by atoms with Crippen molar-refractivity contribution in [2.45, 2.75) is 82.1 Å². The molecule has 0 radical (unpaired) electrons. The zero-order valence-corrected chi connectivity index (χ0v) is 27.5. The van der Waals surface area contributed by atoms with Gasteiger partial charge in [0.25, 0.3) is 0 Å². The molecule has 2 rings (SSSR count). The van der Waals surface area contributed by atoms with E-state index in [4.69, 9.17) is 0 Å². The first-order valence-corrected chi connectivity index (χ1v) is 14.9. The Bertz CT molecular complexity index is 1420. The predicted molar refractivity (Wildman–Crippen MR) is 182 cm³/mol. The van der Waals surface area contributed by atoms with Crippen molar-refractivity contribution in [2.75, 3.05) is 0 Å². The van der Waals surface area contributed by atoms with Gasteiger partial charge >= 0.3 is 0 Å². The van der Waals surface area contributed by atoms with Crippen molar-refractivity contribution < 1.29 is 9.59 Å². The lowest BCUT2D eigenvalue weighted by atomic mass is 9.71. The van der Waals surface area contributed by atoms with Gasteiger partial charge in [0.1, 0.15) is 5.78 Å². The van der Waals surface area contributed by atoms with E-state index in [9.17, 15) is 9.59 Å². The minimum absolute atomic E-state index is 0.145. The van der Waals surface area contributed by atoms with Gasteiger partial charge in [-0.2, -0.15) is 0 Å². The molecule has 0 aromatic carbocycles. The molecule has 0 N–H and O–H groups in total. The first kappa shape index (κ1) is 34.4. The summed E-state index contributed by atoms with van der Waals surface area (Å²) in [7, 11) is 0. The van der Waals surface area contributed by atoms with E-state index in [-0.39, 0.29) is 5.78 Å². The van der Waals surface area contributed by atoms with E-state index in [1.165, 1.54) is 5.57 Å². The summed E-state index contributed by atoms with van der Waals surface area (Å²) in [6, 6.07) is 0. The normalized spacial score (nSPS) is 21.2. The van der Waals surface area contributed by atoms with Gasteiger partial charge in [0, 0.05) is 11.8 Å². The first-order valence-electron chi connectivity index (χ1n) is 14.9. The van der Waals surface area contributed by atoms with Crippen LogP contribution in [0.2, 0.25) is 0 Å². The standard InChI is InChI=1S/C40H50O2/c1-29(17-13-19-31(3)21-25-35-33(5)23-27-37(41)39(35,7)8)15-11-12-16-30(2)18-14-20-32(4)22-26-36-34(6)24-28-38(42)40(36,9)10/h11-23,25-27H,24,28H2,1-10H3/b12-11+,17-13+,18-14?,25-21+,26-22?,29-15+,30-16?,31-19+,32-20?. The lowest BCUT2D eigenvalue weighted by molar-refractivity contribution is -0.125. The molecule has 222 valence electrons. The Balaban J connectivity index is 1.92. The minimum Gasteiger partial charge on any atom is -0.299 e. The molecule has 2 heteroatoms. The Morgan fingerprint density at radius 3 is 1.57 bits per heavy atom. The lowest BCUT2D eigenvalue weighted by Gasteiger charge is -2.31. The molecule has 2 nitrogen and oxygen atoms in total. The Kier molecular flexibility index (Phi) is 12.7. The van der Waals surface area contributed by atoms with Crippen molar-refractivity contribution in [3.8, 4) is 0 Å². The van der Waals surface area contributed by atoms with Crippen LogP contribution >= 0.6 is 0 Å². The maximum Gasteiger partial charge on any atom is 0.165 e. The molecule has 0 aromatic heterocycles. The van der Waals surface area contributed by atoms with Crippen molar-refractivity contribution in [1.82, 2.24) is 0 Å². The molecule has 0 aromatic rings. The quantitative estimate of drug-likeness (QED) is 0.248. The fraction of sp³-hybridized carbons (Fsp3) is 0.350. The zero-order chi connectivity index (χ0) is 31.5. The molecule has 0 heterocycles. The van der Waals surface area contributed by atoms with E-state index in [2.05, 4.69) is 114 Å². The molecule has 0 bridgehead atoms. The van der Waals surface area contributed by atoms with Crippen molar-refractivity contribution >= 4 is 11.6 Å². The summed E-state index contributed by atoms with van der Waals surface area (Å²) >= 11 is 0. The van der Waals surface area contributed by atoms with Crippen LogP contribution in [0.3, 0.4) is 0 Å². The fourth-order valence-electron chi connectivity index (χ4n) is 5.02. The summed E-state index contributed by atoms with van der Waals surface area (Å²) < 4.78 is 0. The zero-order valence-electron chi connectivity index (χ0n) is 27.5. The van der Waals surface area contributed by atoms with Crippen LogP contribution in [0.1, 0.15) is 82.1 Å². The molecular weight excluding hydrogens is 512 g/mol. The van der Waals surface area contributed by atoms with E-state index in [0.717, 1.165) is 45.4 Å². The molecule has 2 aliphatic rings. The highest BCUT2D eigenvalue weighted by molar-refractivity contribution is 5.99. The van der Waals surface area contributed by atoms with E-state index in [0.29, 0.717) is 12.2 Å². The average molecular weight is 563 g/mol. The molecule has 0 amide bonds. The number of rotatable bonds is 10. The number of carbonyl (C=O) groups is 2. The fourth-order valence-corrected chi connectivity index (χ4v) is 5.02. The first-order chi connectivity index (χ1) is 19.7. The summed E-state index contributed by atoms with van der Waals surface area (Å²) in [6.45, 7) is 20.5. The third kappa shape index (κ3) is 9.94. The van der Waals surface area contributed by atoms with E-state index in [1.807, 2.05) is 45.9 Å². The Labute approximate surface area is 255 Å². The van der Waals surface area contributed by atoms with Gasteiger partial charge in [-0.1, -0.05) is 119 Å². The van der Waals surface area contributed by atoms with Crippen molar-refractivity contribution in [3.63, 3.8) is 0 Å². The van der Waals surface area contributed by atoms with Gasteiger partial charge < -0.3 is 0 Å². The Morgan fingerprint density at radius 1 is 0.595 bits per heavy atom. The maximum absolute atomic E-state index is 12.4. The summed E-state index contributed by atoms with van der Waals surface area (Å²) in [5.74, 6) is 0.469. The smallest absolute Gasteiger partial charge is 0.165 e. The molecule has 0 fully saturated rings. The van der Waals surface area contributed by atoms with Crippen LogP contribution in [0.15, 0.2) is 142 Å². The highest BCUT2D eigenvalue weighted by Crippen LogP contribution is 2.38. The van der Waals surface area contributed by atoms with Crippen molar-refractivity contribution in [2.24, 2.45) is 10.8 Å². The number of allylic oxidation sites excluding steroid dienone is 24. The molecule has 0 saturated heterocycles. The van der Waals surface area contributed by atoms with Gasteiger partial charge in [-0.25, -0.2) is 0 Å². The number of hydrogen-bond donors (Lipinski definition) is 0. The van der Waals surface area contributed by atoms with Crippen LogP contribution in [0.5, 0.6) is 0 Å². The van der Waals surface area contributed by atoms with E-state index in [1.54, 1.807) is 6.08 Å². The molecule has 0 unspecified atom stereocenters. The van der Waals surface area contributed by atoms with Gasteiger partial charge in [0.05, 0.1) is 5.41 Å². The van der Waals surface area contributed by atoms with Gasteiger partial charge in [-0.3, -0.25) is 9.59 Å². The van der Waals surface area contributed by atoms with E-state index >= 15 is 0 Å². The monoisotopic (exact) mass is 562 g/mol. The van der Waals surface area contributed by atoms with Gasteiger partial charge in [-0.05, 0) is 98.5 Å². The Morgan fingerprint density at radius 2 is 1.05 bits per heavy atom. The maximum atomic E-state index is 12.4.